The first-order valence-electron chi connectivity index (χ1n) is 4.70. The molecule has 2 nitrogen and oxygen atoms in total. The minimum absolute atomic E-state index is 0.142. The van der Waals surface area contributed by atoms with E-state index in [0.717, 1.165) is 25.7 Å². The van der Waals surface area contributed by atoms with Crippen molar-refractivity contribution in [3.05, 3.63) is 0 Å². The quantitative estimate of drug-likeness (QED) is 0.513. The van der Waals surface area contributed by atoms with E-state index in [-0.39, 0.29) is 22.9 Å². The maximum Gasteiger partial charge on any atom is 0.149 e. The molecule has 2 bridgehead atoms. The summed E-state index contributed by atoms with van der Waals surface area (Å²) < 4.78 is 0. The number of hydrogen-bond donors (Lipinski definition) is 0. The van der Waals surface area contributed by atoms with Gasteiger partial charge in [0.05, 0.1) is 5.92 Å². The number of carbonyl (C=O) groups excluding carboxylic acids is 2. The lowest BCUT2D eigenvalue weighted by molar-refractivity contribution is -0.147. The average molecular weight is 166 g/mol. The van der Waals surface area contributed by atoms with Crippen LogP contribution in [-0.4, -0.2) is 11.6 Å². The Morgan fingerprint density at radius 3 is 2.75 bits per heavy atom. The molecule has 66 valence electrons. The maximum atomic E-state index is 11.7. The van der Waals surface area contributed by atoms with Gasteiger partial charge in [0.1, 0.15) is 11.6 Å². The SMILES string of the molecule is CC12CCCC(C(=O)CC1)C2=O. The highest BCUT2D eigenvalue weighted by molar-refractivity contribution is 6.07. The van der Waals surface area contributed by atoms with Crippen LogP contribution in [0.15, 0.2) is 0 Å². The zero-order chi connectivity index (χ0) is 8.77. The summed E-state index contributed by atoms with van der Waals surface area (Å²) in [5.74, 6) is 0.194. The van der Waals surface area contributed by atoms with Crippen molar-refractivity contribution in [1.29, 1.82) is 0 Å². The highest BCUT2D eigenvalue weighted by Crippen LogP contribution is 2.44. The maximum absolute atomic E-state index is 11.7. The van der Waals surface area contributed by atoms with Crippen molar-refractivity contribution in [3.63, 3.8) is 0 Å². The first-order chi connectivity index (χ1) is 5.63. The number of hydrogen-bond acceptors (Lipinski definition) is 2. The van der Waals surface area contributed by atoms with E-state index in [4.69, 9.17) is 0 Å². The fourth-order valence-electron chi connectivity index (χ4n) is 2.50. The molecule has 2 unspecified atom stereocenters. The fraction of sp³-hybridized carbons (Fsp3) is 0.800. The number of Topliss-reactive ketones (excluding diaryl/α,β-unsaturated/α-hetero) is 2. The molecule has 0 aromatic rings. The topological polar surface area (TPSA) is 34.1 Å². The van der Waals surface area contributed by atoms with Crippen LogP contribution in [0.25, 0.3) is 0 Å². The van der Waals surface area contributed by atoms with Gasteiger partial charge in [0.25, 0.3) is 0 Å². The number of fused-ring (bicyclic) bond motifs is 2. The molecule has 2 heteroatoms. The smallest absolute Gasteiger partial charge is 0.149 e. The summed E-state index contributed by atoms with van der Waals surface area (Å²) in [6.07, 6.45) is 4.29. The monoisotopic (exact) mass is 166 g/mol. The summed E-state index contributed by atoms with van der Waals surface area (Å²) >= 11 is 0. The van der Waals surface area contributed by atoms with Gasteiger partial charge < -0.3 is 0 Å². The minimum atomic E-state index is -0.225. The Kier molecular flexibility index (Phi) is 1.60. The van der Waals surface area contributed by atoms with Crippen LogP contribution >= 0.6 is 0 Å². The zero-order valence-electron chi connectivity index (χ0n) is 7.43. The number of rotatable bonds is 0. The van der Waals surface area contributed by atoms with E-state index in [1.165, 1.54) is 0 Å². The Bertz CT molecular complexity index is 244. The summed E-state index contributed by atoms with van der Waals surface area (Å²) in [7, 11) is 0. The standard InChI is InChI=1S/C10H14O2/c1-10-5-2-3-7(9(10)12)8(11)4-6-10/h7H,2-6H2,1H3. The first-order valence-corrected chi connectivity index (χ1v) is 4.70. The van der Waals surface area contributed by atoms with Crippen molar-refractivity contribution in [2.24, 2.45) is 11.3 Å². The van der Waals surface area contributed by atoms with Crippen LogP contribution in [0.5, 0.6) is 0 Å². The van der Waals surface area contributed by atoms with Gasteiger partial charge in [0, 0.05) is 11.8 Å². The number of ketones is 2. The fourth-order valence-corrected chi connectivity index (χ4v) is 2.50. The molecule has 0 heterocycles. The zero-order valence-corrected chi connectivity index (χ0v) is 7.43. The van der Waals surface area contributed by atoms with Crippen LogP contribution < -0.4 is 0 Å². The van der Waals surface area contributed by atoms with Crippen LogP contribution in [0.3, 0.4) is 0 Å². The summed E-state index contributed by atoms with van der Waals surface area (Å²) in [5, 5.41) is 0. The normalized spacial score (nSPS) is 41.6. The second-order valence-corrected chi connectivity index (χ2v) is 4.34. The number of carbonyl (C=O) groups is 2. The molecule has 0 saturated heterocycles. The Labute approximate surface area is 72.3 Å². The predicted octanol–water partition coefficient (Wildman–Crippen LogP) is 1.72. The molecule has 2 rings (SSSR count). The van der Waals surface area contributed by atoms with E-state index in [9.17, 15) is 9.59 Å². The van der Waals surface area contributed by atoms with Crippen LogP contribution in [0.1, 0.15) is 39.0 Å². The molecule has 0 aromatic carbocycles. The van der Waals surface area contributed by atoms with Gasteiger partial charge in [-0.15, -0.1) is 0 Å². The first kappa shape index (κ1) is 7.96. The molecular weight excluding hydrogens is 152 g/mol. The van der Waals surface area contributed by atoms with Gasteiger partial charge in [-0.3, -0.25) is 9.59 Å². The molecule has 0 spiro atoms. The Morgan fingerprint density at radius 1 is 1.33 bits per heavy atom. The van der Waals surface area contributed by atoms with Crippen molar-refractivity contribution in [2.75, 3.05) is 0 Å². The molecule has 2 fully saturated rings. The summed E-state index contributed by atoms with van der Waals surface area (Å²) in [6, 6.07) is 0. The highest BCUT2D eigenvalue weighted by atomic mass is 16.2. The minimum Gasteiger partial charge on any atom is -0.299 e. The van der Waals surface area contributed by atoms with Crippen LogP contribution in [0.2, 0.25) is 0 Å². The van der Waals surface area contributed by atoms with E-state index in [1.807, 2.05) is 6.92 Å². The van der Waals surface area contributed by atoms with Crippen LogP contribution in [-0.2, 0) is 9.59 Å². The van der Waals surface area contributed by atoms with Crippen molar-refractivity contribution < 1.29 is 9.59 Å². The third kappa shape index (κ3) is 0.936. The molecule has 2 aliphatic rings. The van der Waals surface area contributed by atoms with Gasteiger partial charge in [-0.05, 0) is 19.3 Å². The third-order valence-electron chi connectivity index (χ3n) is 3.44. The van der Waals surface area contributed by atoms with Gasteiger partial charge in [0.2, 0.25) is 0 Å². The lowest BCUT2D eigenvalue weighted by Crippen LogP contribution is -2.45. The van der Waals surface area contributed by atoms with Gasteiger partial charge in [0.15, 0.2) is 0 Å². The molecule has 2 saturated carbocycles. The molecule has 2 aliphatic carbocycles. The van der Waals surface area contributed by atoms with Gasteiger partial charge in [-0.25, -0.2) is 0 Å². The van der Waals surface area contributed by atoms with Gasteiger partial charge >= 0.3 is 0 Å². The molecule has 0 radical (unpaired) electrons. The molecule has 0 aromatic heterocycles. The average Bonchev–Trinajstić information content (AvgIpc) is 2.03. The highest BCUT2D eigenvalue weighted by Gasteiger charge is 2.47. The van der Waals surface area contributed by atoms with Crippen LogP contribution in [0.4, 0.5) is 0 Å². The second kappa shape index (κ2) is 2.41. The summed E-state index contributed by atoms with van der Waals surface area (Å²) in [6.45, 7) is 2.02. The van der Waals surface area contributed by atoms with E-state index >= 15 is 0 Å². The van der Waals surface area contributed by atoms with Crippen molar-refractivity contribution in [3.8, 4) is 0 Å². The van der Waals surface area contributed by atoms with E-state index in [0.29, 0.717) is 6.42 Å². The van der Waals surface area contributed by atoms with E-state index in [2.05, 4.69) is 0 Å². The van der Waals surface area contributed by atoms with Crippen molar-refractivity contribution in [1.82, 2.24) is 0 Å². The van der Waals surface area contributed by atoms with Gasteiger partial charge in [-0.2, -0.15) is 0 Å². The molecule has 2 atom stereocenters. The van der Waals surface area contributed by atoms with E-state index in [1.54, 1.807) is 0 Å². The largest absolute Gasteiger partial charge is 0.299 e. The lowest BCUT2D eigenvalue weighted by Gasteiger charge is -2.40. The second-order valence-electron chi connectivity index (χ2n) is 4.34. The summed E-state index contributed by atoms with van der Waals surface area (Å²) in [5.41, 5.74) is -0.142. The van der Waals surface area contributed by atoms with Crippen molar-refractivity contribution in [2.45, 2.75) is 39.0 Å². The predicted molar refractivity (Wildman–Crippen MR) is 44.7 cm³/mol. The molecule has 12 heavy (non-hydrogen) atoms. The molecular formula is C10H14O2. The van der Waals surface area contributed by atoms with Crippen molar-refractivity contribution >= 4 is 11.6 Å². The van der Waals surface area contributed by atoms with Crippen LogP contribution in [0, 0.1) is 11.3 Å². The lowest BCUT2D eigenvalue weighted by atomic mass is 9.62. The molecule has 0 amide bonds. The molecule has 0 aliphatic heterocycles. The third-order valence-corrected chi connectivity index (χ3v) is 3.44. The Morgan fingerprint density at radius 2 is 2.08 bits per heavy atom. The van der Waals surface area contributed by atoms with E-state index < -0.39 is 0 Å². The summed E-state index contributed by atoms with van der Waals surface area (Å²) in [4.78, 5) is 23.1. The molecule has 0 N–H and O–H groups in total. The van der Waals surface area contributed by atoms with Gasteiger partial charge in [-0.1, -0.05) is 13.3 Å². The Balaban J connectivity index is 2.31. The Hall–Kier alpha value is -0.660.